The number of benzene rings is 1. The highest BCUT2D eigenvalue weighted by Crippen LogP contribution is 2.21. The first-order valence-corrected chi connectivity index (χ1v) is 7.79. The number of halogens is 2. The molecule has 0 radical (unpaired) electrons. The topological polar surface area (TPSA) is 72.2 Å². The molecule has 0 spiro atoms. The Hall–Kier alpha value is -2.44. The van der Waals surface area contributed by atoms with Gasteiger partial charge in [0.05, 0.1) is 23.0 Å². The van der Waals surface area contributed by atoms with E-state index in [9.17, 15) is 4.79 Å². The zero-order chi connectivity index (χ0) is 17.3. The van der Waals surface area contributed by atoms with Gasteiger partial charge >= 0.3 is 0 Å². The van der Waals surface area contributed by atoms with E-state index in [-0.39, 0.29) is 10.7 Å². The average molecular weight is 362 g/mol. The molecule has 0 saturated carbocycles. The highest BCUT2D eigenvalue weighted by atomic mass is 35.5. The van der Waals surface area contributed by atoms with Crippen LogP contribution in [0.5, 0.6) is 0 Å². The number of carbonyl (C=O) groups is 1. The average Bonchev–Trinajstić information content (AvgIpc) is 2.88. The third-order valence-electron chi connectivity index (χ3n) is 3.51. The van der Waals surface area contributed by atoms with Crippen molar-refractivity contribution in [3.05, 3.63) is 57.5 Å². The molecule has 0 aliphatic carbocycles. The molecule has 0 atom stereocenters. The normalized spacial score (nSPS) is 11.3. The van der Waals surface area contributed by atoms with Crippen LogP contribution < -0.4 is 5.43 Å². The van der Waals surface area contributed by atoms with Crippen LogP contribution in [0.1, 0.15) is 21.6 Å². The highest BCUT2D eigenvalue weighted by Gasteiger charge is 2.14. The lowest BCUT2D eigenvalue weighted by Crippen LogP contribution is -2.21. The van der Waals surface area contributed by atoms with Crippen molar-refractivity contribution in [1.82, 2.24) is 20.2 Å². The Morgan fingerprint density at radius 3 is 2.88 bits per heavy atom. The van der Waals surface area contributed by atoms with Crippen LogP contribution in [0.2, 0.25) is 10.2 Å². The van der Waals surface area contributed by atoms with E-state index in [4.69, 9.17) is 23.2 Å². The molecule has 0 unspecified atom stereocenters. The number of nitrogens with zero attached hydrogens (tertiary/aromatic N) is 4. The van der Waals surface area contributed by atoms with Crippen LogP contribution in [-0.4, -0.2) is 26.9 Å². The number of hydrogen-bond donors (Lipinski definition) is 1. The van der Waals surface area contributed by atoms with Crippen molar-refractivity contribution in [3.63, 3.8) is 0 Å². The van der Waals surface area contributed by atoms with Crippen LogP contribution >= 0.6 is 23.2 Å². The minimum absolute atomic E-state index is 0.229. The molecular formula is C16H13Cl2N5O. The summed E-state index contributed by atoms with van der Waals surface area (Å²) in [5.74, 6) is -0.461. The van der Waals surface area contributed by atoms with Crippen LogP contribution in [0.4, 0.5) is 0 Å². The van der Waals surface area contributed by atoms with Gasteiger partial charge in [0.15, 0.2) is 0 Å². The Labute approximate surface area is 148 Å². The molecule has 2 aromatic heterocycles. The number of hydrazone groups is 1. The van der Waals surface area contributed by atoms with Crippen LogP contribution in [0.25, 0.3) is 10.9 Å². The molecule has 0 aliphatic heterocycles. The van der Waals surface area contributed by atoms with Gasteiger partial charge in [-0.15, -0.1) is 0 Å². The van der Waals surface area contributed by atoms with Gasteiger partial charge in [0, 0.05) is 18.0 Å². The number of nitrogens with one attached hydrogen (secondary N) is 1. The molecule has 0 fully saturated rings. The third-order valence-corrected chi connectivity index (χ3v) is 4.09. The summed E-state index contributed by atoms with van der Waals surface area (Å²) in [6.45, 7) is 1.97. The zero-order valence-electron chi connectivity index (χ0n) is 12.9. The minimum atomic E-state index is -0.461. The molecule has 1 aromatic carbocycles. The Morgan fingerprint density at radius 1 is 1.38 bits per heavy atom. The van der Waals surface area contributed by atoms with Crippen LogP contribution in [0, 0.1) is 6.92 Å². The number of pyridine rings is 1. The summed E-state index contributed by atoms with van der Waals surface area (Å²) in [5.41, 5.74) is 5.11. The summed E-state index contributed by atoms with van der Waals surface area (Å²) in [6.07, 6.45) is 2.84. The zero-order valence-corrected chi connectivity index (χ0v) is 14.4. The van der Waals surface area contributed by atoms with E-state index in [1.165, 1.54) is 17.1 Å². The molecule has 0 bridgehead atoms. The van der Waals surface area contributed by atoms with Crippen LogP contribution in [-0.2, 0) is 7.05 Å². The number of aromatic nitrogens is 3. The highest BCUT2D eigenvalue weighted by molar-refractivity contribution is 6.33. The number of fused-ring (bicyclic) bond motifs is 1. The van der Waals surface area contributed by atoms with E-state index in [0.717, 1.165) is 16.5 Å². The summed E-state index contributed by atoms with van der Waals surface area (Å²) in [6, 6.07) is 7.72. The summed E-state index contributed by atoms with van der Waals surface area (Å²) in [5, 5.41) is 9.34. The Kier molecular flexibility index (Phi) is 4.51. The van der Waals surface area contributed by atoms with Gasteiger partial charge < -0.3 is 0 Å². The second-order valence-corrected chi connectivity index (χ2v) is 5.94. The van der Waals surface area contributed by atoms with Gasteiger partial charge in [-0.25, -0.2) is 10.4 Å². The molecule has 3 rings (SSSR count). The first-order valence-electron chi connectivity index (χ1n) is 7.04. The standard InChI is InChI=1S/C16H13Cl2N5O/c1-9-4-3-5-10-6-11(15(18)21-13(9)10)7-19-22-16(24)14-12(17)8-20-23(14)2/h3-8H,1-2H3,(H,22,24)/b19-7-. The first-order chi connectivity index (χ1) is 11.5. The summed E-state index contributed by atoms with van der Waals surface area (Å²) >= 11 is 12.1. The van der Waals surface area contributed by atoms with Gasteiger partial charge in [-0.2, -0.15) is 10.2 Å². The van der Waals surface area contributed by atoms with Gasteiger partial charge in [-0.3, -0.25) is 9.48 Å². The van der Waals surface area contributed by atoms with Gasteiger partial charge in [-0.1, -0.05) is 41.4 Å². The van der Waals surface area contributed by atoms with Crippen molar-refractivity contribution >= 4 is 46.2 Å². The first kappa shape index (κ1) is 16.4. The largest absolute Gasteiger partial charge is 0.291 e. The van der Waals surface area contributed by atoms with E-state index in [2.05, 4.69) is 20.6 Å². The van der Waals surface area contributed by atoms with Gasteiger partial charge in [0.2, 0.25) is 0 Å². The minimum Gasteiger partial charge on any atom is -0.266 e. The lowest BCUT2D eigenvalue weighted by atomic mass is 10.1. The predicted molar refractivity (Wildman–Crippen MR) is 94.8 cm³/mol. The molecule has 8 heteroatoms. The SMILES string of the molecule is Cc1cccc2cc(/C=N\NC(=O)c3c(Cl)cnn3C)c(Cl)nc12. The van der Waals surface area contributed by atoms with Crippen molar-refractivity contribution in [2.75, 3.05) is 0 Å². The van der Waals surface area contributed by atoms with Gasteiger partial charge in [0.25, 0.3) is 5.91 Å². The quantitative estimate of drug-likeness (QED) is 0.441. The Morgan fingerprint density at radius 2 is 2.17 bits per heavy atom. The smallest absolute Gasteiger partial charge is 0.266 e. The van der Waals surface area contributed by atoms with Crippen molar-refractivity contribution in [3.8, 4) is 0 Å². The fraction of sp³-hybridized carbons (Fsp3) is 0.125. The third kappa shape index (κ3) is 3.11. The Balaban J connectivity index is 1.83. The second kappa shape index (κ2) is 6.59. The van der Waals surface area contributed by atoms with E-state index >= 15 is 0 Å². The van der Waals surface area contributed by atoms with E-state index in [0.29, 0.717) is 10.7 Å². The van der Waals surface area contributed by atoms with Crippen molar-refractivity contribution in [1.29, 1.82) is 0 Å². The fourth-order valence-electron chi connectivity index (χ4n) is 2.31. The molecule has 6 nitrogen and oxygen atoms in total. The maximum Gasteiger partial charge on any atom is 0.291 e. The maximum atomic E-state index is 12.1. The van der Waals surface area contributed by atoms with Gasteiger partial charge in [0.1, 0.15) is 10.8 Å². The summed E-state index contributed by atoms with van der Waals surface area (Å²) in [7, 11) is 1.62. The number of aryl methyl sites for hydroxylation is 2. The molecule has 0 aliphatic rings. The van der Waals surface area contributed by atoms with E-state index in [1.807, 2.05) is 31.2 Å². The number of hydrogen-bond acceptors (Lipinski definition) is 4. The molecule has 1 amide bonds. The Bertz CT molecular complexity index is 945. The van der Waals surface area contributed by atoms with Crippen molar-refractivity contribution < 1.29 is 4.79 Å². The fourth-order valence-corrected chi connectivity index (χ4v) is 2.75. The van der Waals surface area contributed by atoms with E-state index in [1.54, 1.807) is 7.05 Å². The maximum absolute atomic E-state index is 12.1. The van der Waals surface area contributed by atoms with Gasteiger partial charge in [-0.05, 0) is 18.6 Å². The molecule has 1 N–H and O–H groups in total. The molecule has 3 aromatic rings. The lowest BCUT2D eigenvalue weighted by molar-refractivity contribution is 0.0946. The lowest BCUT2D eigenvalue weighted by Gasteiger charge is -2.04. The number of carbonyl (C=O) groups excluding carboxylic acids is 1. The molecule has 24 heavy (non-hydrogen) atoms. The van der Waals surface area contributed by atoms with E-state index < -0.39 is 5.91 Å². The number of amides is 1. The van der Waals surface area contributed by atoms with Crippen LogP contribution in [0.3, 0.4) is 0 Å². The second-order valence-electron chi connectivity index (χ2n) is 5.18. The molecule has 122 valence electrons. The predicted octanol–water partition coefficient (Wildman–Crippen LogP) is 3.35. The molecular weight excluding hydrogens is 349 g/mol. The monoisotopic (exact) mass is 361 g/mol. The number of rotatable bonds is 3. The summed E-state index contributed by atoms with van der Waals surface area (Å²) < 4.78 is 1.38. The summed E-state index contributed by atoms with van der Waals surface area (Å²) in [4.78, 5) is 16.4. The molecule has 2 heterocycles. The number of para-hydroxylation sites is 1. The molecule has 0 saturated heterocycles. The van der Waals surface area contributed by atoms with Crippen molar-refractivity contribution in [2.45, 2.75) is 6.92 Å². The van der Waals surface area contributed by atoms with Crippen molar-refractivity contribution in [2.24, 2.45) is 12.1 Å². The van der Waals surface area contributed by atoms with Crippen LogP contribution in [0.15, 0.2) is 35.6 Å².